The fourth-order valence-corrected chi connectivity index (χ4v) is 3.23. The van der Waals surface area contributed by atoms with E-state index in [1.807, 2.05) is 4.90 Å². The minimum Gasteiger partial charge on any atom is -0.386 e. The summed E-state index contributed by atoms with van der Waals surface area (Å²) in [6.07, 6.45) is 3.76. The Morgan fingerprint density at radius 3 is 2.55 bits per heavy atom. The Bertz CT molecular complexity index is 973. The lowest BCUT2D eigenvalue weighted by atomic mass is 10.1. The molecular formula is C19H20FN7O2. The van der Waals surface area contributed by atoms with Crippen LogP contribution in [0.2, 0.25) is 0 Å². The second kappa shape index (κ2) is 8.31. The maximum atomic E-state index is 13.8. The van der Waals surface area contributed by atoms with Gasteiger partial charge in [-0.2, -0.15) is 0 Å². The molecule has 0 bridgehead atoms. The van der Waals surface area contributed by atoms with Crippen LogP contribution in [0.1, 0.15) is 22.2 Å². The Labute approximate surface area is 166 Å². The van der Waals surface area contributed by atoms with Gasteiger partial charge in [-0.25, -0.2) is 19.0 Å². The second-order valence-electron chi connectivity index (χ2n) is 6.69. The molecule has 0 aliphatic carbocycles. The van der Waals surface area contributed by atoms with Gasteiger partial charge in [0, 0.05) is 44.1 Å². The number of halogens is 1. The first-order valence-electron chi connectivity index (χ1n) is 9.25. The molecule has 1 atom stereocenters. The molecule has 0 unspecified atom stereocenters. The van der Waals surface area contributed by atoms with E-state index < -0.39 is 11.9 Å². The number of nitrogens with zero attached hydrogens (tertiary/aromatic N) is 7. The zero-order valence-electron chi connectivity index (χ0n) is 15.6. The van der Waals surface area contributed by atoms with Crippen molar-refractivity contribution >= 4 is 11.9 Å². The highest BCUT2D eigenvalue weighted by Gasteiger charge is 2.25. The minimum atomic E-state index is -1.09. The summed E-state index contributed by atoms with van der Waals surface area (Å²) in [5, 5.41) is 18.1. The molecular weight excluding hydrogens is 377 g/mol. The Morgan fingerprint density at radius 1 is 1.10 bits per heavy atom. The molecule has 4 rings (SSSR count). The number of benzene rings is 1. The van der Waals surface area contributed by atoms with Crippen molar-refractivity contribution in [3.05, 3.63) is 66.0 Å². The molecule has 1 aliphatic heterocycles. The number of amides is 1. The molecule has 150 valence electrons. The standard InChI is InChI=1S/C19H20FN7O2/c20-15-5-2-1-4-14(15)17(28)13-27-12-16(23-24-27)18(29)25-8-10-26(11-9-25)19-21-6-3-7-22-19/h1-7,12,17,28H,8-11,13H2/t17-/m0/s1. The van der Waals surface area contributed by atoms with Crippen LogP contribution in [0.4, 0.5) is 10.3 Å². The molecule has 1 fully saturated rings. The van der Waals surface area contributed by atoms with Crippen LogP contribution in [0.5, 0.6) is 0 Å². The third kappa shape index (κ3) is 4.21. The molecule has 2 aromatic heterocycles. The normalized spacial score (nSPS) is 15.4. The van der Waals surface area contributed by atoms with Crippen molar-refractivity contribution in [3.8, 4) is 0 Å². The smallest absolute Gasteiger partial charge is 0.276 e. The van der Waals surface area contributed by atoms with Gasteiger partial charge in [0.15, 0.2) is 5.69 Å². The van der Waals surface area contributed by atoms with Gasteiger partial charge in [0.25, 0.3) is 5.91 Å². The van der Waals surface area contributed by atoms with Crippen LogP contribution in [-0.2, 0) is 6.54 Å². The molecule has 0 radical (unpaired) electrons. The number of piperazine rings is 1. The second-order valence-corrected chi connectivity index (χ2v) is 6.69. The lowest BCUT2D eigenvalue weighted by Crippen LogP contribution is -2.49. The van der Waals surface area contributed by atoms with E-state index in [9.17, 15) is 14.3 Å². The highest BCUT2D eigenvalue weighted by Crippen LogP contribution is 2.18. The number of carbonyl (C=O) groups excluding carboxylic acids is 1. The number of hydrogen-bond donors (Lipinski definition) is 1. The number of aliphatic hydroxyl groups excluding tert-OH is 1. The van der Waals surface area contributed by atoms with Crippen LogP contribution in [0.3, 0.4) is 0 Å². The summed E-state index contributed by atoms with van der Waals surface area (Å²) in [4.78, 5) is 24.9. The highest BCUT2D eigenvalue weighted by atomic mass is 19.1. The van der Waals surface area contributed by atoms with Crippen molar-refractivity contribution in [2.45, 2.75) is 12.6 Å². The Hall–Kier alpha value is -3.40. The first-order chi connectivity index (χ1) is 14.1. The molecule has 1 amide bonds. The number of aliphatic hydroxyl groups is 1. The van der Waals surface area contributed by atoms with E-state index >= 15 is 0 Å². The summed E-state index contributed by atoms with van der Waals surface area (Å²) in [7, 11) is 0. The van der Waals surface area contributed by atoms with E-state index in [1.165, 1.54) is 23.0 Å². The van der Waals surface area contributed by atoms with E-state index in [0.29, 0.717) is 32.1 Å². The topological polar surface area (TPSA) is 100 Å². The number of carbonyl (C=O) groups is 1. The Kier molecular flexibility index (Phi) is 5.43. The molecule has 1 aliphatic rings. The minimum absolute atomic E-state index is 0.000334. The van der Waals surface area contributed by atoms with Crippen molar-refractivity contribution < 1.29 is 14.3 Å². The van der Waals surface area contributed by atoms with Crippen LogP contribution >= 0.6 is 0 Å². The summed E-state index contributed by atoms with van der Waals surface area (Å²) in [6, 6.07) is 7.77. The zero-order chi connectivity index (χ0) is 20.2. The van der Waals surface area contributed by atoms with Gasteiger partial charge in [-0.05, 0) is 12.1 Å². The summed E-state index contributed by atoms with van der Waals surface area (Å²) >= 11 is 0. The van der Waals surface area contributed by atoms with E-state index in [2.05, 4.69) is 20.3 Å². The molecule has 0 spiro atoms. The van der Waals surface area contributed by atoms with Crippen LogP contribution in [0.15, 0.2) is 48.9 Å². The van der Waals surface area contributed by atoms with Crippen LogP contribution in [0.25, 0.3) is 0 Å². The van der Waals surface area contributed by atoms with Crippen LogP contribution < -0.4 is 4.90 Å². The summed E-state index contributed by atoms with van der Waals surface area (Å²) in [5.74, 6) is -0.0744. The van der Waals surface area contributed by atoms with Crippen molar-refractivity contribution in [2.24, 2.45) is 0 Å². The molecule has 1 aromatic carbocycles. The van der Waals surface area contributed by atoms with Crippen molar-refractivity contribution in [1.82, 2.24) is 29.9 Å². The van der Waals surface area contributed by atoms with Gasteiger partial charge in [0.2, 0.25) is 5.95 Å². The molecule has 29 heavy (non-hydrogen) atoms. The van der Waals surface area contributed by atoms with E-state index in [0.717, 1.165) is 0 Å². The third-order valence-electron chi connectivity index (χ3n) is 4.78. The van der Waals surface area contributed by atoms with Gasteiger partial charge in [-0.3, -0.25) is 4.79 Å². The summed E-state index contributed by atoms with van der Waals surface area (Å²) < 4.78 is 15.1. The molecule has 3 heterocycles. The lowest BCUT2D eigenvalue weighted by molar-refractivity contribution is 0.0740. The predicted octanol–water partition coefficient (Wildman–Crippen LogP) is 0.903. The average Bonchev–Trinajstić information content (AvgIpc) is 3.22. The number of hydrogen-bond acceptors (Lipinski definition) is 7. The molecule has 3 aromatic rings. The summed E-state index contributed by atoms with van der Waals surface area (Å²) in [6.45, 7) is 2.27. The molecule has 9 nitrogen and oxygen atoms in total. The monoisotopic (exact) mass is 397 g/mol. The van der Waals surface area contributed by atoms with Gasteiger partial charge >= 0.3 is 0 Å². The average molecular weight is 397 g/mol. The third-order valence-corrected chi connectivity index (χ3v) is 4.78. The largest absolute Gasteiger partial charge is 0.386 e. The maximum absolute atomic E-state index is 13.8. The number of aromatic nitrogens is 5. The predicted molar refractivity (Wildman–Crippen MR) is 102 cm³/mol. The first kappa shape index (κ1) is 18.9. The molecule has 10 heteroatoms. The van der Waals surface area contributed by atoms with Crippen molar-refractivity contribution in [3.63, 3.8) is 0 Å². The Balaban J connectivity index is 1.36. The number of rotatable bonds is 5. The van der Waals surface area contributed by atoms with Gasteiger partial charge in [-0.15, -0.1) is 5.10 Å². The maximum Gasteiger partial charge on any atom is 0.276 e. The van der Waals surface area contributed by atoms with Crippen molar-refractivity contribution in [1.29, 1.82) is 0 Å². The van der Waals surface area contributed by atoms with Gasteiger partial charge in [-0.1, -0.05) is 23.4 Å². The molecule has 1 N–H and O–H groups in total. The SMILES string of the molecule is O=C(c1cn(C[C@H](O)c2ccccc2F)nn1)N1CCN(c2ncccn2)CC1. The molecule has 0 saturated carbocycles. The fourth-order valence-electron chi connectivity index (χ4n) is 3.23. The van der Waals surface area contributed by atoms with Crippen LogP contribution in [0, 0.1) is 5.82 Å². The van der Waals surface area contributed by atoms with Crippen LogP contribution in [-0.4, -0.2) is 67.1 Å². The van der Waals surface area contributed by atoms with E-state index in [1.54, 1.807) is 35.5 Å². The van der Waals surface area contributed by atoms with Crippen molar-refractivity contribution in [2.75, 3.05) is 31.1 Å². The zero-order valence-corrected chi connectivity index (χ0v) is 15.6. The quantitative estimate of drug-likeness (QED) is 0.683. The summed E-state index contributed by atoms with van der Waals surface area (Å²) in [5.41, 5.74) is 0.366. The van der Waals surface area contributed by atoms with Gasteiger partial charge < -0.3 is 14.9 Å². The van der Waals surface area contributed by atoms with Gasteiger partial charge in [0.1, 0.15) is 11.9 Å². The fraction of sp³-hybridized carbons (Fsp3) is 0.316. The highest BCUT2D eigenvalue weighted by molar-refractivity contribution is 5.92. The van der Waals surface area contributed by atoms with E-state index in [-0.39, 0.29) is 23.7 Å². The van der Waals surface area contributed by atoms with Gasteiger partial charge in [0.05, 0.1) is 12.7 Å². The first-order valence-corrected chi connectivity index (χ1v) is 9.25. The lowest BCUT2D eigenvalue weighted by Gasteiger charge is -2.34. The Morgan fingerprint density at radius 2 is 1.83 bits per heavy atom. The number of anilines is 1. The molecule has 1 saturated heterocycles. The van der Waals surface area contributed by atoms with E-state index in [4.69, 9.17) is 0 Å².